The number of anilines is 2. The smallest absolute Gasteiger partial charge is 0.224 e. The molecule has 4 rings (SSSR count). The summed E-state index contributed by atoms with van der Waals surface area (Å²) >= 11 is 3.57. The molecule has 0 saturated heterocycles. The number of halogens is 1. The Morgan fingerprint density at radius 1 is 1.04 bits per heavy atom. The van der Waals surface area contributed by atoms with Gasteiger partial charge in [-0.2, -0.15) is 4.98 Å². The van der Waals surface area contributed by atoms with Gasteiger partial charge in [0.2, 0.25) is 5.95 Å². The van der Waals surface area contributed by atoms with Gasteiger partial charge in [-0.05, 0) is 41.3 Å². The molecule has 0 atom stereocenters. The van der Waals surface area contributed by atoms with Gasteiger partial charge in [0, 0.05) is 30.3 Å². The van der Waals surface area contributed by atoms with Crippen molar-refractivity contribution in [2.24, 2.45) is 0 Å². The zero-order valence-electron chi connectivity index (χ0n) is 13.8. The fourth-order valence-corrected chi connectivity index (χ4v) is 3.52. The van der Waals surface area contributed by atoms with Crippen LogP contribution in [0.25, 0.3) is 0 Å². The SMILES string of the molecule is Brc1ccc2c(c1)CN(c1ccnc(NCc3ccccc3)n1)CC2. The van der Waals surface area contributed by atoms with Gasteiger partial charge in [0.1, 0.15) is 5.82 Å². The average molecular weight is 395 g/mol. The van der Waals surface area contributed by atoms with E-state index in [9.17, 15) is 0 Å². The quantitative estimate of drug-likeness (QED) is 0.711. The fourth-order valence-electron chi connectivity index (χ4n) is 3.11. The maximum atomic E-state index is 4.70. The Hall–Kier alpha value is -2.40. The van der Waals surface area contributed by atoms with E-state index in [2.05, 4.69) is 61.5 Å². The molecule has 0 saturated carbocycles. The van der Waals surface area contributed by atoms with Crippen molar-refractivity contribution in [3.63, 3.8) is 0 Å². The van der Waals surface area contributed by atoms with E-state index in [4.69, 9.17) is 4.98 Å². The molecule has 4 nitrogen and oxygen atoms in total. The van der Waals surface area contributed by atoms with E-state index in [0.29, 0.717) is 5.95 Å². The van der Waals surface area contributed by atoms with Crippen LogP contribution in [0, 0.1) is 0 Å². The number of rotatable bonds is 4. The highest BCUT2D eigenvalue weighted by molar-refractivity contribution is 9.10. The lowest BCUT2D eigenvalue weighted by molar-refractivity contribution is 0.719. The van der Waals surface area contributed by atoms with Crippen molar-refractivity contribution in [3.05, 3.63) is 82.0 Å². The number of hydrogen-bond acceptors (Lipinski definition) is 4. The molecule has 0 aliphatic carbocycles. The van der Waals surface area contributed by atoms with E-state index in [1.807, 2.05) is 30.5 Å². The summed E-state index contributed by atoms with van der Waals surface area (Å²) in [5, 5.41) is 3.31. The molecule has 1 N–H and O–H groups in total. The lowest BCUT2D eigenvalue weighted by atomic mass is 10.00. The van der Waals surface area contributed by atoms with Crippen molar-refractivity contribution in [2.75, 3.05) is 16.8 Å². The number of hydrogen-bond donors (Lipinski definition) is 1. The molecule has 1 aromatic heterocycles. The molecule has 3 aromatic rings. The van der Waals surface area contributed by atoms with Gasteiger partial charge in [-0.3, -0.25) is 0 Å². The van der Waals surface area contributed by atoms with E-state index < -0.39 is 0 Å². The molecule has 1 aliphatic heterocycles. The molecule has 0 radical (unpaired) electrons. The summed E-state index contributed by atoms with van der Waals surface area (Å²) in [6, 6.07) is 18.8. The molecule has 2 heterocycles. The zero-order chi connectivity index (χ0) is 17.1. The van der Waals surface area contributed by atoms with E-state index in [1.54, 1.807) is 0 Å². The van der Waals surface area contributed by atoms with Gasteiger partial charge in [0.25, 0.3) is 0 Å². The highest BCUT2D eigenvalue weighted by atomic mass is 79.9. The predicted molar refractivity (Wildman–Crippen MR) is 105 cm³/mol. The number of fused-ring (bicyclic) bond motifs is 1. The highest BCUT2D eigenvalue weighted by Crippen LogP contribution is 2.26. The van der Waals surface area contributed by atoms with E-state index in [-0.39, 0.29) is 0 Å². The Balaban J connectivity index is 1.48. The Morgan fingerprint density at radius 2 is 1.92 bits per heavy atom. The lowest BCUT2D eigenvalue weighted by Gasteiger charge is -2.30. The van der Waals surface area contributed by atoms with Crippen LogP contribution in [0.4, 0.5) is 11.8 Å². The summed E-state index contributed by atoms with van der Waals surface area (Å²) in [4.78, 5) is 11.4. The van der Waals surface area contributed by atoms with Crippen LogP contribution in [0.2, 0.25) is 0 Å². The van der Waals surface area contributed by atoms with Crippen molar-refractivity contribution in [3.8, 4) is 0 Å². The Kier molecular flexibility index (Phi) is 4.65. The van der Waals surface area contributed by atoms with Crippen molar-refractivity contribution >= 4 is 27.7 Å². The minimum atomic E-state index is 0.668. The molecule has 2 aromatic carbocycles. The second-order valence-electron chi connectivity index (χ2n) is 6.16. The fraction of sp³-hybridized carbons (Fsp3) is 0.200. The number of nitrogens with zero attached hydrogens (tertiary/aromatic N) is 3. The van der Waals surface area contributed by atoms with Crippen LogP contribution in [-0.4, -0.2) is 16.5 Å². The van der Waals surface area contributed by atoms with Gasteiger partial charge in [-0.25, -0.2) is 4.98 Å². The summed E-state index contributed by atoms with van der Waals surface area (Å²) in [6.45, 7) is 2.58. The first kappa shape index (κ1) is 16.1. The van der Waals surface area contributed by atoms with Crippen LogP contribution in [-0.2, 0) is 19.5 Å². The van der Waals surface area contributed by atoms with Crippen molar-refractivity contribution in [1.29, 1.82) is 0 Å². The second-order valence-corrected chi connectivity index (χ2v) is 7.08. The highest BCUT2D eigenvalue weighted by Gasteiger charge is 2.18. The van der Waals surface area contributed by atoms with Crippen molar-refractivity contribution < 1.29 is 0 Å². The third-order valence-corrected chi connectivity index (χ3v) is 4.93. The van der Waals surface area contributed by atoms with Crippen LogP contribution in [0.15, 0.2) is 65.3 Å². The molecular formula is C20H19BrN4. The van der Waals surface area contributed by atoms with Crippen LogP contribution in [0.3, 0.4) is 0 Å². The summed E-state index contributed by atoms with van der Waals surface area (Å²) in [5.74, 6) is 1.64. The summed E-state index contributed by atoms with van der Waals surface area (Å²) in [6.07, 6.45) is 2.87. The normalized spacial score (nSPS) is 13.4. The number of benzene rings is 2. The molecule has 0 spiro atoms. The first-order chi connectivity index (χ1) is 12.3. The summed E-state index contributed by atoms with van der Waals surface area (Å²) in [5.41, 5.74) is 4.00. The Bertz CT molecular complexity index is 867. The molecule has 0 amide bonds. The van der Waals surface area contributed by atoms with Gasteiger partial charge >= 0.3 is 0 Å². The van der Waals surface area contributed by atoms with E-state index in [1.165, 1.54) is 16.7 Å². The van der Waals surface area contributed by atoms with Gasteiger partial charge in [-0.1, -0.05) is 52.3 Å². The molecule has 25 heavy (non-hydrogen) atoms. The zero-order valence-corrected chi connectivity index (χ0v) is 15.4. The summed E-state index contributed by atoms with van der Waals surface area (Å²) in [7, 11) is 0. The van der Waals surface area contributed by atoms with Gasteiger partial charge < -0.3 is 10.2 Å². The molecular weight excluding hydrogens is 376 g/mol. The predicted octanol–water partition coefficient (Wildman–Crippen LogP) is 4.41. The third kappa shape index (κ3) is 3.82. The Morgan fingerprint density at radius 3 is 2.80 bits per heavy atom. The van der Waals surface area contributed by atoms with Gasteiger partial charge in [-0.15, -0.1) is 0 Å². The number of aromatic nitrogens is 2. The van der Waals surface area contributed by atoms with Crippen LogP contribution in [0.1, 0.15) is 16.7 Å². The third-order valence-electron chi connectivity index (χ3n) is 4.44. The molecule has 126 valence electrons. The van der Waals surface area contributed by atoms with Crippen molar-refractivity contribution in [2.45, 2.75) is 19.5 Å². The standard InChI is InChI=1S/C20H19BrN4/c21-18-7-6-16-9-11-25(14-17(16)12-18)19-8-10-22-20(24-19)23-13-15-4-2-1-3-5-15/h1-8,10,12H,9,11,13-14H2,(H,22,23,24). The van der Waals surface area contributed by atoms with Gasteiger partial charge in [0.15, 0.2) is 0 Å². The maximum absolute atomic E-state index is 4.70. The largest absolute Gasteiger partial charge is 0.352 e. The molecule has 0 bridgehead atoms. The van der Waals surface area contributed by atoms with Crippen LogP contribution >= 0.6 is 15.9 Å². The minimum absolute atomic E-state index is 0.668. The monoisotopic (exact) mass is 394 g/mol. The Labute approximate surface area is 156 Å². The molecule has 1 aliphatic rings. The van der Waals surface area contributed by atoms with Crippen molar-refractivity contribution in [1.82, 2.24) is 9.97 Å². The second kappa shape index (κ2) is 7.23. The van der Waals surface area contributed by atoms with Gasteiger partial charge in [0.05, 0.1) is 0 Å². The van der Waals surface area contributed by atoms with E-state index in [0.717, 1.165) is 36.3 Å². The minimum Gasteiger partial charge on any atom is -0.352 e. The van der Waals surface area contributed by atoms with Crippen LogP contribution < -0.4 is 10.2 Å². The van der Waals surface area contributed by atoms with E-state index >= 15 is 0 Å². The maximum Gasteiger partial charge on any atom is 0.224 e. The number of nitrogens with one attached hydrogen (secondary N) is 1. The topological polar surface area (TPSA) is 41.1 Å². The molecule has 0 fully saturated rings. The molecule has 0 unspecified atom stereocenters. The first-order valence-electron chi connectivity index (χ1n) is 8.41. The van der Waals surface area contributed by atoms with Crippen LogP contribution in [0.5, 0.6) is 0 Å². The molecule has 5 heteroatoms. The first-order valence-corrected chi connectivity index (χ1v) is 9.20. The average Bonchev–Trinajstić information content (AvgIpc) is 2.67. The summed E-state index contributed by atoms with van der Waals surface area (Å²) < 4.78 is 1.13. The lowest BCUT2D eigenvalue weighted by Crippen LogP contribution is -2.31.